The van der Waals surface area contributed by atoms with E-state index in [2.05, 4.69) is 5.32 Å². The molecule has 0 saturated carbocycles. The van der Waals surface area contributed by atoms with Crippen LogP contribution < -0.4 is 11.1 Å². The minimum atomic E-state index is -0.372. The summed E-state index contributed by atoms with van der Waals surface area (Å²) in [5.41, 5.74) is 7.11. The van der Waals surface area contributed by atoms with Gasteiger partial charge in [-0.2, -0.15) is 0 Å². The van der Waals surface area contributed by atoms with Crippen molar-refractivity contribution in [2.75, 3.05) is 20.1 Å². The molecule has 5 heteroatoms. The summed E-state index contributed by atoms with van der Waals surface area (Å²) in [6.45, 7) is 4.42. The van der Waals surface area contributed by atoms with Gasteiger partial charge in [-0.05, 0) is 12.0 Å². The molecule has 0 saturated heterocycles. The summed E-state index contributed by atoms with van der Waals surface area (Å²) in [6.07, 6.45) is 0.802. The monoisotopic (exact) mass is 291 g/mol. The van der Waals surface area contributed by atoms with E-state index in [1.807, 2.05) is 44.2 Å². The van der Waals surface area contributed by atoms with Crippen LogP contribution in [0.15, 0.2) is 30.3 Å². The zero-order valence-electron chi connectivity index (χ0n) is 13.0. The summed E-state index contributed by atoms with van der Waals surface area (Å²) < 4.78 is 0. The molecule has 21 heavy (non-hydrogen) atoms. The molecule has 1 aromatic rings. The molecule has 1 aromatic carbocycles. The highest BCUT2D eigenvalue weighted by Gasteiger charge is 2.27. The second-order valence-corrected chi connectivity index (χ2v) is 5.16. The van der Waals surface area contributed by atoms with Gasteiger partial charge < -0.3 is 16.0 Å². The first-order valence-electron chi connectivity index (χ1n) is 7.31. The maximum absolute atomic E-state index is 12.6. The largest absolute Gasteiger partial charge is 0.358 e. The Bertz CT molecular complexity index is 462. The molecule has 5 nitrogen and oxygen atoms in total. The van der Waals surface area contributed by atoms with E-state index in [9.17, 15) is 9.59 Å². The van der Waals surface area contributed by atoms with E-state index in [4.69, 9.17) is 5.73 Å². The van der Waals surface area contributed by atoms with Crippen molar-refractivity contribution in [3.8, 4) is 0 Å². The van der Waals surface area contributed by atoms with Crippen molar-refractivity contribution in [3.05, 3.63) is 35.9 Å². The van der Waals surface area contributed by atoms with Crippen molar-refractivity contribution in [1.29, 1.82) is 0 Å². The Morgan fingerprint density at radius 3 is 2.43 bits per heavy atom. The van der Waals surface area contributed by atoms with Gasteiger partial charge in [-0.25, -0.2) is 0 Å². The molecule has 2 unspecified atom stereocenters. The SMILES string of the molecule is CCCN(CC(=O)NC)C(=O)C(C)C(N)c1ccccc1. The van der Waals surface area contributed by atoms with E-state index in [1.54, 1.807) is 11.9 Å². The van der Waals surface area contributed by atoms with E-state index in [0.717, 1.165) is 12.0 Å². The number of hydrogen-bond donors (Lipinski definition) is 2. The minimum Gasteiger partial charge on any atom is -0.358 e. The average molecular weight is 291 g/mol. The van der Waals surface area contributed by atoms with E-state index in [1.165, 1.54) is 0 Å². The van der Waals surface area contributed by atoms with Crippen LogP contribution in [0.2, 0.25) is 0 Å². The van der Waals surface area contributed by atoms with Gasteiger partial charge in [-0.3, -0.25) is 9.59 Å². The van der Waals surface area contributed by atoms with Crippen LogP contribution in [0.4, 0.5) is 0 Å². The third-order valence-corrected chi connectivity index (χ3v) is 3.53. The molecule has 0 spiro atoms. The summed E-state index contributed by atoms with van der Waals surface area (Å²) >= 11 is 0. The lowest BCUT2D eigenvalue weighted by atomic mass is 9.94. The van der Waals surface area contributed by atoms with Gasteiger partial charge in [0, 0.05) is 19.6 Å². The third-order valence-electron chi connectivity index (χ3n) is 3.53. The number of nitrogens with two attached hydrogens (primary N) is 1. The van der Waals surface area contributed by atoms with E-state index in [0.29, 0.717) is 6.54 Å². The molecule has 0 aliphatic rings. The maximum atomic E-state index is 12.6. The lowest BCUT2D eigenvalue weighted by Gasteiger charge is -2.27. The zero-order valence-corrected chi connectivity index (χ0v) is 13.0. The molecular formula is C16H25N3O2. The fraction of sp³-hybridized carbons (Fsp3) is 0.500. The Morgan fingerprint density at radius 1 is 1.29 bits per heavy atom. The molecule has 1 rings (SSSR count). The normalized spacial score (nSPS) is 13.3. The Balaban J connectivity index is 2.79. The number of benzene rings is 1. The molecule has 0 aliphatic carbocycles. The first-order chi connectivity index (χ1) is 10.0. The maximum Gasteiger partial charge on any atom is 0.239 e. The van der Waals surface area contributed by atoms with Gasteiger partial charge in [0.15, 0.2) is 0 Å². The Morgan fingerprint density at radius 2 is 1.90 bits per heavy atom. The van der Waals surface area contributed by atoms with Gasteiger partial charge >= 0.3 is 0 Å². The predicted octanol–water partition coefficient (Wildman–Crippen LogP) is 1.31. The Labute approximate surface area is 126 Å². The molecule has 3 N–H and O–H groups in total. The number of nitrogens with one attached hydrogen (secondary N) is 1. The summed E-state index contributed by atoms with van der Waals surface area (Å²) in [5.74, 6) is -0.627. The lowest BCUT2D eigenvalue weighted by molar-refractivity contribution is -0.139. The fourth-order valence-corrected chi connectivity index (χ4v) is 2.20. The number of nitrogens with zero attached hydrogens (tertiary/aromatic N) is 1. The summed E-state index contributed by atoms with van der Waals surface area (Å²) in [6, 6.07) is 9.18. The van der Waals surface area contributed by atoms with Crippen LogP contribution in [-0.2, 0) is 9.59 Å². The number of likely N-dealkylation sites (N-methyl/N-ethyl adjacent to an activating group) is 1. The molecule has 0 aliphatic heterocycles. The van der Waals surface area contributed by atoms with Crippen LogP contribution in [0.3, 0.4) is 0 Å². The van der Waals surface area contributed by atoms with Crippen LogP contribution in [-0.4, -0.2) is 36.9 Å². The van der Waals surface area contributed by atoms with Gasteiger partial charge in [-0.1, -0.05) is 44.2 Å². The predicted molar refractivity (Wildman–Crippen MR) is 83.5 cm³/mol. The average Bonchev–Trinajstić information content (AvgIpc) is 2.52. The van der Waals surface area contributed by atoms with Gasteiger partial charge in [0.25, 0.3) is 0 Å². The zero-order chi connectivity index (χ0) is 15.8. The highest BCUT2D eigenvalue weighted by atomic mass is 16.2. The number of carbonyl (C=O) groups is 2. The van der Waals surface area contributed by atoms with Crippen molar-refractivity contribution >= 4 is 11.8 Å². The lowest BCUT2D eigenvalue weighted by Crippen LogP contribution is -2.44. The number of carbonyl (C=O) groups excluding carboxylic acids is 2. The fourth-order valence-electron chi connectivity index (χ4n) is 2.20. The van der Waals surface area contributed by atoms with E-state index in [-0.39, 0.29) is 30.3 Å². The van der Waals surface area contributed by atoms with Gasteiger partial charge in [0.2, 0.25) is 11.8 Å². The molecule has 0 fully saturated rings. The number of amides is 2. The van der Waals surface area contributed by atoms with E-state index >= 15 is 0 Å². The molecule has 0 radical (unpaired) electrons. The van der Waals surface area contributed by atoms with Crippen LogP contribution >= 0.6 is 0 Å². The van der Waals surface area contributed by atoms with Crippen molar-refractivity contribution in [2.24, 2.45) is 11.7 Å². The summed E-state index contributed by atoms with van der Waals surface area (Å²) in [7, 11) is 1.57. The minimum absolute atomic E-state index is 0.0784. The molecule has 0 bridgehead atoms. The first kappa shape index (κ1) is 17.2. The van der Waals surface area contributed by atoms with Crippen LogP contribution in [0.1, 0.15) is 31.9 Å². The topological polar surface area (TPSA) is 75.4 Å². The number of rotatable bonds is 7. The molecular weight excluding hydrogens is 266 g/mol. The summed E-state index contributed by atoms with van der Waals surface area (Å²) in [5, 5.41) is 2.54. The van der Waals surface area contributed by atoms with Crippen molar-refractivity contribution in [1.82, 2.24) is 10.2 Å². The molecule has 116 valence electrons. The van der Waals surface area contributed by atoms with E-state index < -0.39 is 0 Å². The highest BCUT2D eigenvalue weighted by Crippen LogP contribution is 2.21. The van der Waals surface area contributed by atoms with Crippen LogP contribution in [0.25, 0.3) is 0 Å². The van der Waals surface area contributed by atoms with Crippen molar-refractivity contribution < 1.29 is 9.59 Å². The third kappa shape index (κ3) is 4.86. The molecule has 0 aromatic heterocycles. The highest BCUT2D eigenvalue weighted by molar-refractivity contribution is 5.86. The van der Waals surface area contributed by atoms with Crippen LogP contribution in [0, 0.1) is 5.92 Å². The second-order valence-electron chi connectivity index (χ2n) is 5.16. The quantitative estimate of drug-likeness (QED) is 0.795. The summed E-state index contributed by atoms with van der Waals surface area (Å²) in [4.78, 5) is 25.7. The standard InChI is InChI=1S/C16H25N3O2/c1-4-10-19(11-14(20)18-3)16(21)12(2)15(17)13-8-6-5-7-9-13/h5-9,12,15H,4,10-11,17H2,1-3H3,(H,18,20). The first-order valence-corrected chi connectivity index (χ1v) is 7.31. The Hall–Kier alpha value is -1.88. The second kappa shape index (κ2) is 8.42. The smallest absolute Gasteiger partial charge is 0.239 e. The number of hydrogen-bond acceptors (Lipinski definition) is 3. The van der Waals surface area contributed by atoms with Crippen molar-refractivity contribution in [3.63, 3.8) is 0 Å². The molecule has 2 amide bonds. The van der Waals surface area contributed by atoms with Crippen LogP contribution in [0.5, 0.6) is 0 Å². The molecule has 2 atom stereocenters. The van der Waals surface area contributed by atoms with Gasteiger partial charge in [0.05, 0.1) is 12.5 Å². The molecule has 0 heterocycles. The van der Waals surface area contributed by atoms with Gasteiger partial charge in [-0.15, -0.1) is 0 Å². The Kier molecular flexibility index (Phi) is 6.88. The van der Waals surface area contributed by atoms with Crippen molar-refractivity contribution in [2.45, 2.75) is 26.3 Å². The van der Waals surface area contributed by atoms with Gasteiger partial charge in [0.1, 0.15) is 0 Å².